The van der Waals surface area contributed by atoms with E-state index in [4.69, 9.17) is 61.1 Å². The molecule has 0 aromatic heterocycles. The minimum Gasteiger partial charge on any atom is -0.496 e. The SMILES string of the molecule is CCOC(=O)C(C)Oc1c(Cl)ccc(P(c2cc(C)c(OC)c(C)c2)c2cc(C)c(OC)c(C)c2)c1-c1c(P(c2cc(C)c(OC)c(C)c2)c2cc(C)c(OC)c(C)c2)ccc(Cl)c1O[C@@H](C)C(=O)OCC. The normalized spacial score (nSPS) is 12.1. The van der Waals surface area contributed by atoms with Gasteiger partial charge in [-0.1, -0.05) is 35.3 Å². The zero-order chi connectivity index (χ0) is 52.9. The van der Waals surface area contributed by atoms with Crippen LogP contribution in [0.3, 0.4) is 0 Å². The summed E-state index contributed by atoms with van der Waals surface area (Å²) in [6.07, 6.45) is -2.24. The van der Waals surface area contributed by atoms with E-state index in [1.165, 1.54) is 0 Å². The van der Waals surface area contributed by atoms with Crippen LogP contribution in [0.5, 0.6) is 34.5 Å². The molecule has 72 heavy (non-hydrogen) atoms. The first-order valence-corrected chi connectivity index (χ1v) is 27.2. The fraction of sp³-hybridized carbons (Fsp3) is 0.345. The van der Waals surface area contributed by atoms with Gasteiger partial charge in [-0.2, -0.15) is 0 Å². The molecule has 0 spiro atoms. The zero-order valence-corrected chi connectivity index (χ0v) is 47.5. The van der Waals surface area contributed by atoms with Gasteiger partial charge in [-0.25, -0.2) is 9.59 Å². The van der Waals surface area contributed by atoms with Crippen molar-refractivity contribution in [1.82, 2.24) is 0 Å². The van der Waals surface area contributed by atoms with Gasteiger partial charge in [0.25, 0.3) is 0 Å². The van der Waals surface area contributed by atoms with Gasteiger partial charge in [0, 0.05) is 11.1 Å². The lowest BCUT2D eigenvalue weighted by Gasteiger charge is -2.31. The molecule has 0 saturated carbocycles. The van der Waals surface area contributed by atoms with Crippen molar-refractivity contribution in [2.75, 3.05) is 41.7 Å². The zero-order valence-electron chi connectivity index (χ0n) is 44.2. The van der Waals surface area contributed by atoms with Crippen LogP contribution >= 0.6 is 39.0 Å². The molecular formula is C58H66Cl2O10P2. The number of ether oxygens (including phenoxy) is 8. The second-order valence-corrected chi connectivity index (χ2v) is 22.9. The Labute approximate surface area is 438 Å². The number of halogens is 2. The summed E-state index contributed by atoms with van der Waals surface area (Å²) < 4.78 is 48.5. The van der Waals surface area contributed by atoms with Crippen LogP contribution in [0.15, 0.2) is 72.8 Å². The van der Waals surface area contributed by atoms with E-state index >= 15 is 0 Å². The van der Waals surface area contributed by atoms with E-state index in [9.17, 15) is 9.59 Å². The largest absolute Gasteiger partial charge is 0.496 e. The third-order valence-electron chi connectivity index (χ3n) is 12.4. The van der Waals surface area contributed by atoms with Gasteiger partial charge in [-0.15, -0.1) is 0 Å². The Balaban J connectivity index is 1.93. The Bertz CT molecular complexity index is 2600. The fourth-order valence-corrected chi connectivity index (χ4v) is 15.5. The maximum atomic E-state index is 13.7. The van der Waals surface area contributed by atoms with Crippen LogP contribution in [0.4, 0.5) is 0 Å². The van der Waals surface area contributed by atoms with E-state index < -0.39 is 40.0 Å². The first kappa shape index (κ1) is 55.8. The van der Waals surface area contributed by atoms with Gasteiger partial charge in [0.1, 0.15) is 34.5 Å². The summed E-state index contributed by atoms with van der Waals surface area (Å²) in [6, 6.07) is 24.9. The van der Waals surface area contributed by atoms with E-state index in [2.05, 4.69) is 48.5 Å². The van der Waals surface area contributed by atoms with Crippen molar-refractivity contribution in [2.24, 2.45) is 0 Å². The van der Waals surface area contributed by atoms with Crippen molar-refractivity contribution >= 4 is 82.8 Å². The summed E-state index contributed by atoms with van der Waals surface area (Å²) in [5.74, 6) is 2.35. The van der Waals surface area contributed by atoms with Crippen LogP contribution in [0.1, 0.15) is 72.2 Å². The maximum absolute atomic E-state index is 13.7. The van der Waals surface area contributed by atoms with Crippen LogP contribution < -0.4 is 60.2 Å². The first-order chi connectivity index (χ1) is 34.2. The lowest BCUT2D eigenvalue weighted by Crippen LogP contribution is -2.31. The highest BCUT2D eigenvalue weighted by Crippen LogP contribution is 2.52. The van der Waals surface area contributed by atoms with Crippen LogP contribution in [0, 0.1) is 55.4 Å². The lowest BCUT2D eigenvalue weighted by molar-refractivity contribution is -0.151. The predicted molar refractivity (Wildman–Crippen MR) is 297 cm³/mol. The van der Waals surface area contributed by atoms with Gasteiger partial charge < -0.3 is 37.9 Å². The molecular weight excluding hydrogens is 989 g/mol. The van der Waals surface area contributed by atoms with Gasteiger partial charge in [0.05, 0.1) is 51.7 Å². The van der Waals surface area contributed by atoms with Crippen LogP contribution in [-0.2, 0) is 19.1 Å². The molecule has 0 aliphatic heterocycles. The Morgan fingerprint density at radius 1 is 0.431 bits per heavy atom. The third-order valence-corrected chi connectivity index (χ3v) is 17.8. The van der Waals surface area contributed by atoms with Gasteiger partial charge in [-0.05, 0) is 236 Å². The summed E-state index contributed by atoms with van der Waals surface area (Å²) in [7, 11) is 3.54. The molecule has 1 unspecified atom stereocenters. The standard InChI is InChI=1S/C58H66Cl2O10P2/c1-17-67-57(61)39(11)69-55-45(59)19-21-47(71(41-23-31(3)51(63-13)32(4)24-41)42-25-33(5)52(64-14)34(6)26-42)49(55)50-48(22-20-46(60)56(50)70-40(12)58(62)68-18-2)72(43-27-35(7)53(65-15)36(8)28-43)44-29-37(9)54(66-16)38(10)30-44/h19-30,39-40H,17-18H2,1-16H3/t39-,40?/m0/s1. The highest BCUT2D eigenvalue weighted by molar-refractivity contribution is 7.80. The van der Waals surface area contributed by atoms with Crippen molar-refractivity contribution in [3.8, 4) is 45.6 Å². The number of rotatable bonds is 19. The van der Waals surface area contributed by atoms with Crippen molar-refractivity contribution in [1.29, 1.82) is 0 Å². The molecule has 14 heteroatoms. The second kappa shape index (κ2) is 24.0. The smallest absolute Gasteiger partial charge is 0.347 e. The van der Waals surface area contributed by atoms with E-state index in [-0.39, 0.29) is 34.8 Å². The number of carbonyl (C=O) groups excluding carboxylic acids is 2. The number of hydrogen-bond acceptors (Lipinski definition) is 10. The topological polar surface area (TPSA) is 108 Å². The molecule has 6 rings (SSSR count). The number of benzene rings is 6. The highest BCUT2D eigenvalue weighted by atomic mass is 35.5. The molecule has 0 amide bonds. The van der Waals surface area contributed by atoms with Crippen molar-refractivity contribution in [3.05, 3.63) is 127 Å². The number of esters is 2. The molecule has 0 heterocycles. The molecule has 0 aliphatic carbocycles. The van der Waals surface area contributed by atoms with Gasteiger partial charge in [0.15, 0.2) is 12.2 Å². The van der Waals surface area contributed by atoms with E-state index in [1.54, 1.807) is 68.3 Å². The highest BCUT2D eigenvalue weighted by Gasteiger charge is 2.36. The summed E-state index contributed by atoms with van der Waals surface area (Å²) in [5.41, 5.74) is 8.58. The van der Waals surface area contributed by atoms with Crippen LogP contribution in [0.2, 0.25) is 10.0 Å². The molecule has 0 N–H and O–H groups in total. The average Bonchev–Trinajstić information content (AvgIpc) is 3.31. The molecule has 0 saturated heterocycles. The summed E-state index contributed by atoms with van der Waals surface area (Å²) in [5, 5.41) is 6.01. The predicted octanol–water partition coefficient (Wildman–Crippen LogP) is 11.3. The minimum absolute atomic E-state index is 0.138. The third kappa shape index (κ3) is 11.5. The fourth-order valence-electron chi connectivity index (χ4n) is 9.52. The Morgan fingerprint density at radius 2 is 0.667 bits per heavy atom. The van der Waals surface area contributed by atoms with Crippen molar-refractivity contribution in [3.63, 3.8) is 0 Å². The molecule has 0 aliphatic rings. The maximum Gasteiger partial charge on any atom is 0.347 e. The lowest BCUT2D eigenvalue weighted by atomic mass is 10.0. The van der Waals surface area contributed by atoms with Crippen molar-refractivity contribution < 1.29 is 47.5 Å². The summed E-state index contributed by atoms with van der Waals surface area (Å²) >= 11 is 15.0. The molecule has 10 nitrogen and oxygen atoms in total. The molecule has 6 aromatic carbocycles. The average molecular weight is 1060 g/mol. The molecule has 0 radical (unpaired) electrons. The quantitative estimate of drug-likeness (QED) is 0.0575. The number of hydrogen-bond donors (Lipinski definition) is 0. The van der Waals surface area contributed by atoms with Gasteiger partial charge >= 0.3 is 11.9 Å². The van der Waals surface area contributed by atoms with E-state index in [1.807, 2.05) is 67.5 Å². The molecule has 0 bridgehead atoms. The molecule has 2 atom stereocenters. The summed E-state index contributed by atoms with van der Waals surface area (Å²) in [6.45, 7) is 23.3. The Kier molecular flexibility index (Phi) is 18.6. The van der Waals surface area contributed by atoms with Gasteiger partial charge in [-0.3, -0.25) is 0 Å². The Morgan fingerprint density at radius 3 is 0.875 bits per heavy atom. The van der Waals surface area contributed by atoms with Crippen molar-refractivity contribution in [2.45, 2.75) is 95.3 Å². The Hall–Kier alpha value is -5.50. The molecule has 0 fully saturated rings. The first-order valence-electron chi connectivity index (χ1n) is 23.8. The summed E-state index contributed by atoms with van der Waals surface area (Å²) in [4.78, 5) is 27.4. The number of carbonyl (C=O) groups is 2. The monoisotopic (exact) mass is 1050 g/mol. The number of methoxy groups -OCH3 is 4. The van der Waals surface area contributed by atoms with E-state index in [0.717, 1.165) is 99.3 Å². The van der Waals surface area contributed by atoms with Crippen LogP contribution in [0.25, 0.3) is 11.1 Å². The molecule has 382 valence electrons. The molecule has 6 aromatic rings. The number of aryl methyl sites for hydroxylation is 8. The van der Waals surface area contributed by atoms with Crippen LogP contribution in [-0.4, -0.2) is 65.8 Å². The van der Waals surface area contributed by atoms with E-state index in [0.29, 0.717) is 11.1 Å². The minimum atomic E-state index is -1.58. The second-order valence-electron chi connectivity index (χ2n) is 17.7. The van der Waals surface area contributed by atoms with Gasteiger partial charge in [0.2, 0.25) is 0 Å².